The second kappa shape index (κ2) is 6.98. The van der Waals surface area contributed by atoms with Gasteiger partial charge in [0.05, 0.1) is 11.6 Å². The summed E-state index contributed by atoms with van der Waals surface area (Å²) in [5.74, 6) is 0.262. The van der Waals surface area contributed by atoms with Gasteiger partial charge in [0.25, 0.3) is 5.91 Å². The van der Waals surface area contributed by atoms with E-state index < -0.39 is 0 Å². The molecule has 1 amide bonds. The molecule has 0 spiro atoms. The number of ether oxygens (including phenoxy) is 1. The lowest BCUT2D eigenvalue weighted by Crippen LogP contribution is -2.37. The van der Waals surface area contributed by atoms with E-state index in [4.69, 9.17) is 10.00 Å². The molecular formula is C21H22N2O2. The van der Waals surface area contributed by atoms with Crippen molar-refractivity contribution in [1.29, 1.82) is 5.26 Å². The minimum atomic E-state index is -0.174. The minimum absolute atomic E-state index is 0.00605. The number of carbonyl (C=O) groups is 1. The third-order valence-electron chi connectivity index (χ3n) is 4.82. The molecule has 25 heavy (non-hydrogen) atoms. The Balaban J connectivity index is 1.67. The first-order valence-corrected chi connectivity index (χ1v) is 8.52. The van der Waals surface area contributed by atoms with Crippen LogP contribution < -0.4 is 10.1 Å². The van der Waals surface area contributed by atoms with Crippen molar-refractivity contribution in [2.24, 2.45) is 0 Å². The molecule has 0 fully saturated rings. The second-order valence-electron chi connectivity index (χ2n) is 7.03. The Morgan fingerprint density at radius 2 is 1.96 bits per heavy atom. The van der Waals surface area contributed by atoms with Crippen LogP contribution in [-0.2, 0) is 10.2 Å². The molecular weight excluding hydrogens is 312 g/mol. The van der Waals surface area contributed by atoms with Gasteiger partial charge >= 0.3 is 0 Å². The van der Waals surface area contributed by atoms with Crippen LogP contribution in [0.3, 0.4) is 0 Å². The first-order chi connectivity index (χ1) is 12.0. The van der Waals surface area contributed by atoms with Crippen LogP contribution in [0.25, 0.3) is 0 Å². The predicted molar refractivity (Wildman–Crippen MR) is 96.2 cm³/mol. The van der Waals surface area contributed by atoms with Crippen LogP contribution in [0.2, 0.25) is 0 Å². The highest BCUT2D eigenvalue weighted by atomic mass is 16.5. The number of nitrogens with zero attached hydrogens (tertiary/aromatic N) is 1. The molecule has 128 valence electrons. The second-order valence-corrected chi connectivity index (χ2v) is 7.03. The highest BCUT2D eigenvalue weighted by Gasteiger charge is 2.32. The van der Waals surface area contributed by atoms with E-state index in [0.29, 0.717) is 11.3 Å². The molecule has 0 saturated carbocycles. The first kappa shape index (κ1) is 17.0. The Labute approximate surface area is 148 Å². The number of hydrogen-bond acceptors (Lipinski definition) is 3. The number of nitrogens with one attached hydrogen (secondary N) is 1. The van der Waals surface area contributed by atoms with E-state index in [-0.39, 0.29) is 24.0 Å². The Bertz CT molecular complexity index is 821. The van der Waals surface area contributed by atoms with Crippen molar-refractivity contribution in [3.8, 4) is 11.8 Å². The summed E-state index contributed by atoms with van der Waals surface area (Å²) in [5, 5.41) is 12.1. The van der Waals surface area contributed by atoms with Crippen molar-refractivity contribution in [3.63, 3.8) is 0 Å². The van der Waals surface area contributed by atoms with E-state index in [1.807, 2.05) is 12.1 Å². The van der Waals surface area contributed by atoms with Crippen LogP contribution in [0.4, 0.5) is 0 Å². The Hall–Kier alpha value is -2.80. The SMILES string of the molecule is CC1(C)CCC(NC(=O)COc2ccccc2C#N)c2ccccc21. The van der Waals surface area contributed by atoms with Crippen LogP contribution in [0.1, 0.15) is 49.4 Å². The molecule has 1 aliphatic rings. The van der Waals surface area contributed by atoms with Crippen molar-refractivity contribution in [2.45, 2.75) is 38.1 Å². The molecule has 0 heterocycles. The Morgan fingerprint density at radius 1 is 1.24 bits per heavy atom. The molecule has 1 N–H and O–H groups in total. The van der Waals surface area contributed by atoms with E-state index in [1.54, 1.807) is 24.3 Å². The summed E-state index contributed by atoms with van der Waals surface area (Å²) in [6, 6.07) is 17.3. The lowest BCUT2D eigenvalue weighted by atomic mass is 9.71. The van der Waals surface area contributed by atoms with Crippen molar-refractivity contribution >= 4 is 5.91 Å². The quantitative estimate of drug-likeness (QED) is 0.923. The van der Waals surface area contributed by atoms with Crippen LogP contribution >= 0.6 is 0 Å². The minimum Gasteiger partial charge on any atom is -0.482 e. The van der Waals surface area contributed by atoms with E-state index in [2.05, 4.69) is 37.4 Å². The molecule has 0 radical (unpaired) electrons. The van der Waals surface area contributed by atoms with Crippen molar-refractivity contribution in [2.75, 3.05) is 6.61 Å². The first-order valence-electron chi connectivity index (χ1n) is 8.52. The smallest absolute Gasteiger partial charge is 0.258 e. The van der Waals surface area contributed by atoms with Gasteiger partial charge in [0, 0.05) is 0 Å². The topological polar surface area (TPSA) is 62.1 Å². The predicted octanol–water partition coefficient (Wildman–Crippen LogP) is 3.87. The van der Waals surface area contributed by atoms with Gasteiger partial charge in [-0.25, -0.2) is 0 Å². The largest absolute Gasteiger partial charge is 0.482 e. The van der Waals surface area contributed by atoms with Crippen molar-refractivity contribution in [3.05, 3.63) is 65.2 Å². The summed E-state index contributed by atoms with van der Waals surface area (Å²) in [7, 11) is 0. The maximum absolute atomic E-state index is 12.3. The average molecular weight is 334 g/mol. The highest BCUT2D eigenvalue weighted by molar-refractivity contribution is 5.78. The Morgan fingerprint density at radius 3 is 2.76 bits per heavy atom. The van der Waals surface area contributed by atoms with Gasteiger partial charge in [0.2, 0.25) is 0 Å². The van der Waals surface area contributed by atoms with Crippen LogP contribution in [0.5, 0.6) is 5.75 Å². The lowest BCUT2D eigenvalue weighted by molar-refractivity contribution is -0.124. The van der Waals surface area contributed by atoms with Gasteiger partial charge in [-0.1, -0.05) is 50.2 Å². The van der Waals surface area contributed by atoms with Crippen molar-refractivity contribution < 1.29 is 9.53 Å². The number of rotatable bonds is 4. The zero-order valence-corrected chi connectivity index (χ0v) is 14.6. The molecule has 4 heteroatoms. The molecule has 2 aromatic carbocycles. The van der Waals surface area contributed by atoms with E-state index in [1.165, 1.54) is 11.1 Å². The number of benzene rings is 2. The van der Waals surface area contributed by atoms with Gasteiger partial charge in [-0.3, -0.25) is 4.79 Å². The zero-order chi connectivity index (χ0) is 17.9. The summed E-state index contributed by atoms with van der Waals surface area (Å²) in [4.78, 5) is 12.3. The maximum atomic E-state index is 12.3. The number of para-hydroxylation sites is 1. The van der Waals surface area contributed by atoms with Gasteiger partial charge in [-0.2, -0.15) is 5.26 Å². The van der Waals surface area contributed by atoms with E-state index in [0.717, 1.165) is 12.8 Å². The third kappa shape index (κ3) is 3.66. The molecule has 0 bridgehead atoms. The molecule has 0 aromatic heterocycles. The Kier molecular flexibility index (Phi) is 4.76. The summed E-state index contributed by atoms with van der Waals surface area (Å²) < 4.78 is 5.53. The van der Waals surface area contributed by atoms with E-state index in [9.17, 15) is 4.79 Å². The standard InChI is InChI=1S/C21H22N2O2/c1-21(2)12-11-18(16-8-4-5-9-17(16)21)23-20(24)14-25-19-10-6-3-7-15(19)13-22/h3-10,18H,11-12,14H2,1-2H3,(H,23,24). The summed E-state index contributed by atoms with van der Waals surface area (Å²) in [5.41, 5.74) is 3.03. The number of nitriles is 1. The fraction of sp³-hybridized carbons (Fsp3) is 0.333. The molecule has 4 nitrogen and oxygen atoms in total. The number of hydrogen-bond donors (Lipinski definition) is 1. The van der Waals surface area contributed by atoms with Crippen LogP contribution in [-0.4, -0.2) is 12.5 Å². The number of amides is 1. The molecule has 1 aliphatic carbocycles. The molecule has 1 unspecified atom stereocenters. The van der Waals surface area contributed by atoms with Crippen molar-refractivity contribution in [1.82, 2.24) is 5.32 Å². The molecule has 2 aromatic rings. The zero-order valence-electron chi connectivity index (χ0n) is 14.6. The monoisotopic (exact) mass is 334 g/mol. The summed E-state index contributed by atoms with van der Waals surface area (Å²) in [6.45, 7) is 4.39. The number of carbonyl (C=O) groups excluding carboxylic acids is 1. The van der Waals surface area contributed by atoms with Gasteiger partial charge in [-0.05, 0) is 41.5 Å². The van der Waals surface area contributed by atoms with Crippen LogP contribution in [0, 0.1) is 11.3 Å². The molecule has 1 atom stereocenters. The normalized spacial score (nSPS) is 17.9. The number of fused-ring (bicyclic) bond motifs is 1. The fourth-order valence-corrected chi connectivity index (χ4v) is 3.43. The maximum Gasteiger partial charge on any atom is 0.258 e. The molecule has 0 saturated heterocycles. The lowest BCUT2D eigenvalue weighted by Gasteiger charge is -2.37. The highest BCUT2D eigenvalue weighted by Crippen LogP contribution is 2.41. The average Bonchev–Trinajstić information content (AvgIpc) is 2.63. The summed E-state index contributed by atoms with van der Waals surface area (Å²) >= 11 is 0. The molecule has 0 aliphatic heterocycles. The van der Waals surface area contributed by atoms with E-state index >= 15 is 0 Å². The third-order valence-corrected chi connectivity index (χ3v) is 4.82. The fourth-order valence-electron chi connectivity index (χ4n) is 3.43. The summed E-state index contributed by atoms with van der Waals surface area (Å²) in [6.07, 6.45) is 1.93. The van der Waals surface area contributed by atoms with Gasteiger partial charge in [0.15, 0.2) is 6.61 Å². The van der Waals surface area contributed by atoms with Gasteiger partial charge < -0.3 is 10.1 Å². The van der Waals surface area contributed by atoms with Crippen LogP contribution in [0.15, 0.2) is 48.5 Å². The van der Waals surface area contributed by atoms with Gasteiger partial charge in [0.1, 0.15) is 11.8 Å². The van der Waals surface area contributed by atoms with Gasteiger partial charge in [-0.15, -0.1) is 0 Å². The molecule has 3 rings (SSSR count).